The first-order chi connectivity index (χ1) is 10.3. The molecule has 0 aliphatic heterocycles. The van der Waals surface area contributed by atoms with E-state index < -0.39 is 23.9 Å². The summed E-state index contributed by atoms with van der Waals surface area (Å²) in [6.45, 7) is 5.16. The number of H-pyrrole nitrogens is 1. The summed E-state index contributed by atoms with van der Waals surface area (Å²) in [5.41, 5.74) is 0.746. The van der Waals surface area contributed by atoms with Gasteiger partial charge in [-0.25, -0.2) is 4.79 Å². The largest absolute Gasteiger partial charge is 0.444 e. The lowest BCUT2D eigenvalue weighted by molar-refractivity contribution is 0.0135. The van der Waals surface area contributed by atoms with Crippen LogP contribution < -0.4 is 5.32 Å². The van der Waals surface area contributed by atoms with Gasteiger partial charge in [0.15, 0.2) is 0 Å². The predicted molar refractivity (Wildman–Crippen MR) is 83.5 cm³/mol. The van der Waals surface area contributed by atoms with E-state index in [2.05, 4.69) is 10.3 Å². The third kappa shape index (κ3) is 3.99. The normalized spacial score (nSPS) is 14.6. The van der Waals surface area contributed by atoms with Crippen LogP contribution in [-0.4, -0.2) is 39.5 Å². The fourth-order valence-corrected chi connectivity index (χ4v) is 2.18. The second kappa shape index (κ2) is 6.37. The molecule has 1 amide bonds. The number of alkyl carbamates (subject to hydrolysis) is 1. The average molecular weight is 306 g/mol. The van der Waals surface area contributed by atoms with E-state index in [0.29, 0.717) is 5.56 Å². The van der Waals surface area contributed by atoms with Crippen LogP contribution in [0.4, 0.5) is 4.79 Å². The highest BCUT2D eigenvalue weighted by atomic mass is 16.6. The number of amides is 1. The first-order valence-corrected chi connectivity index (χ1v) is 7.17. The topological polar surface area (TPSA) is 94.6 Å². The molecule has 2 aromatic rings. The van der Waals surface area contributed by atoms with Gasteiger partial charge in [0.2, 0.25) is 0 Å². The van der Waals surface area contributed by atoms with E-state index in [4.69, 9.17) is 4.74 Å². The van der Waals surface area contributed by atoms with Crippen molar-refractivity contribution >= 4 is 17.0 Å². The second-order valence-corrected chi connectivity index (χ2v) is 6.18. The van der Waals surface area contributed by atoms with Crippen molar-refractivity contribution in [2.75, 3.05) is 6.54 Å². The summed E-state index contributed by atoms with van der Waals surface area (Å²) < 4.78 is 5.08. The van der Waals surface area contributed by atoms with Crippen LogP contribution in [0.1, 0.15) is 32.4 Å². The highest BCUT2D eigenvalue weighted by Crippen LogP contribution is 2.25. The zero-order chi connectivity index (χ0) is 16.3. The van der Waals surface area contributed by atoms with E-state index in [1.165, 1.54) is 0 Å². The Morgan fingerprint density at radius 3 is 2.73 bits per heavy atom. The molecule has 2 rings (SSSR count). The molecular formula is C16H22N2O4. The van der Waals surface area contributed by atoms with Crippen LogP contribution in [0.3, 0.4) is 0 Å². The maximum absolute atomic E-state index is 11.6. The third-order valence-corrected chi connectivity index (χ3v) is 3.16. The third-order valence-electron chi connectivity index (χ3n) is 3.16. The molecule has 1 aromatic heterocycles. The van der Waals surface area contributed by atoms with Crippen LogP contribution in [0.15, 0.2) is 30.5 Å². The fraction of sp³-hybridized carbons (Fsp3) is 0.438. The minimum absolute atomic E-state index is 0.104. The summed E-state index contributed by atoms with van der Waals surface area (Å²) in [4.78, 5) is 14.6. The fourth-order valence-electron chi connectivity index (χ4n) is 2.18. The number of carbonyl (C=O) groups excluding carboxylic acids is 1. The number of hydrogen-bond donors (Lipinski definition) is 4. The Morgan fingerprint density at radius 2 is 2.05 bits per heavy atom. The lowest BCUT2D eigenvalue weighted by Gasteiger charge is -2.22. The molecule has 1 heterocycles. The molecule has 0 saturated carbocycles. The van der Waals surface area contributed by atoms with Crippen LogP contribution in [0.2, 0.25) is 0 Å². The molecule has 0 radical (unpaired) electrons. The maximum Gasteiger partial charge on any atom is 0.407 e. The molecule has 0 bridgehead atoms. The number of ether oxygens (including phenoxy) is 1. The summed E-state index contributed by atoms with van der Waals surface area (Å²) in [6, 6.07) is 7.34. The highest BCUT2D eigenvalue weighted by molar-refractivity contribution is 5.82. The standard InChI is InChI=1S/C16H22N2O4/c1-16(2,3)22-15(21)18-9-12(19)14(20)11-6-4-5-10-7-8-17-13(10)11/h4-8,12,14,17,19-20H,9H2,1-3H3,(H,18,21). The Hall–Kier alpha value is -2.05. The molecule has 0 saturated heterocycles. The Morgan fingerprint density at radius 1 is 1.32 bits per heavy atom. The average Bonchev–Trinajstić information content (AvgIpc) is 2.90. The van der Waals surface area contributed by atoms with Crippen molar-refractivity contribution in [1.29, 1.82) is 0 Å². The molecule has 0 aliphatic rings. The lowest BCUT2D eigenvalue weighted by atomic mass is 10.0. The summed E-state index contributed by atoms with van der Waals surface area (Å²) in [6.07, 6.45) is -1.11. The van der Waals surface area contributed by atoms with E-state index in [9.17, 15) is 15.0 Å². The number of aromatic amines is 1. The number of aliphatic hydroxyl groups is 2. The van der Waals surface area contributed by atoms with E-state index in [0.717, 1.165) is 10.9 Å². The molecule has 2 atom stereocenters. The first kappa shape index (κ1) is 16.3. The molecule has 0 fully saturated rings. The highest BCUT2D eigenvalue weighted by Gasteiger charge is 2.23. The molecule has 1 aromatic carbocycles. The molecule has 22 heavy (non-hydrogen) atoms. The molecule has 2 unspecified atom stereocenters. The number of aromatic nitrogens is 1. The molecule has 6 nitrogen and oxygen atoms in total. The Labute approximate surface area is 129 Å². The smallest absolute Gasteiger partial charge is 0.407 e. The quantitative estimate of drug-likeness (QED) is 0.695. The van der Waals surface area contributed by atoms with Gasteiger partial charge in [-0.3, -0.25) is 0 Å². The summed E-state index contributed by atoms with van der Waals surface area (Å²) in [7, 11) is 0. The lowest BCUT2D eigenvalue weighted by Crippen LogP contribution is -2.38. The monoisotopic (exact) mass is 306 g/mol. The summed E-state index contributed by atoms with van der Waals surface area (Å²) >= 11 is 0. The number of rotatable bonds is 4. The van der Waals surface area contributed by atoms with E-state index in [1.54, 1.807) is 33.0 Å². The van der Waals surface area contributed by atoms with Crippen molar-refractivity contribution in [2.45, 2.75) is 38.6 Å². The van der Waals surface area contributed by atoms with E-state index in [-0.39, 0.29) is 6.54 Å². The number of aliphatic hydroxyl groups excluding tert-OH is 2. The molecule has 0 spiro atoms. The van der Waals surface area contributed by atoms with Gasteiger partial charge in [-0.05, 0) is 32.2 Å². The van der Waals surface area contributed by atoms with Crippen molar-refractivity contribution in [3.05, 3.63) is 36.0 Å². The van der Waals surface area contributed by atoms with Gasteiger partial charge in [-0.2, -0.15) is 0 Å². The van der Waals surface area contributed by atoms with Crippen LogP contribution in [0, 0.1) is 0 Å². The van der Waals surface area contributed by atoms with Gasteiger partial charge in [0, 0.05) is 18.3 Å². The van der Waals surface area contributed by atoms with Crippen LogP contribution in [-0.2, 0) is 4.74 Å². The Bertz CT molecular complexity index is 645. The number of benzene rings is 1. The second-order valence-electron chi connectivity index (χ2n) is 6.18. The minimum Gasteiger partial charge on any atom is -0.444 e. The van der Waals surface area contributed by atoms with Gasteiger partial charge in [0.25, 0.3) is 0 Å². The van der Waals surface area contributed by atoms with Gasteiger partial charge in [-0.15, -0.1) is 0 Å². The van der Waals surface area contributed by atoms with Crippen molar-refractivity contribution < 1.29 is 19.7 Å². The number of nitrogens with one attached hydrogen (secondary N) is 2. The molecule has 6 heteroatoms. The van der Waals surface area contributed by atoms with Gasteiger partial charge in [0.05, 0.1) is 5.52 Å². The number of hydrogen-bond acceptors (Lipinski definition) is 4. The van der Waals surface area contributed by atoms with Crippen LogP contribution in [0.5, 0.6) is 0 Å². The zero-order valence-corrected chi connectivity index (χ0v) is 13.0. The number of fused-ring (bicyclic) bond motifs is 1. The molecule has 0 aliphatic carbocycles. The molecular weight excluding hydrogens is 284 g/mol. The first-order valence-electron chi connectivity index (χ1n) is 7.17. The Balaban J connectivity index is 1.99. The molecule has 4 N–H and O–H groups in total. The maximum atomic E-state index is 11.6. The van der Waals surface area contributed by atoms with Crippen molar-refractivity contribution in [2.24, 2.45) is 0 Å². The van der Waals surface area contributed by atoms with Gasteiger partial charge < -0.3 is 25.3 Å². The van der Waals surface area contributed by atoms with E-state index >= 15 is 0 Å². The minimum atomic E-state index is -1.14. The zero-order valence-electron chi connectivity index (χ0n) is 13.0. The summed E-state index contributed by atoms with van der Waals surface area (Å²) in [5, 5.41) is 23.8. The van der Waals surface area contributed by atoms with Gasteiger partial charge in [-0.1, -0.05) is 18.2 Å². The molecule has 120 valence electrons. The SMILES string of the molecule is CC(C)(C)OC(=O)NCC(O)C(O)c1cccc2cc[nH]c12. The predicted octanol–water partition coefficient (Wildman–Crippen LogP) is 2.09. The van der Waals surface area contributed by atoms with E-state index in [1.807, 2.05) is 18.2 Å². The van der Waals surface area contributed by atoms with Gasteiger partial charge >= 0.3 is 6.09 Å². The van der Waals surface area contributed by atoms with Gasteiger partial charge in [0.1, 0.15) is 17.8 Å². The summed E-state index contributed by atoms with van der Waals surface area (Å²) in [5.74, 6) is 0. The Kier molecular flexibility index (Phi) is 4.73. The number of carbonyl (C=O) groups is 1. The van der Waals surface area contributed by atoms with Crippen LogP contribution in [0.25, 0.3) is 10.9 Å². The van der Waals surface area contributed by atoms with Crippen molar-refractivity contribution in [3.63, 3.8) is 0 Å². The van der Waals surface area contributed by atoms with Crippen molar-refractivity contribution in [3.8, 4) is 0 Å². The number of para-hydroxylation sites is 1. The van der Waals surface area contributed by atoms with Crippen molar-refractivity contribution in [1.82, 2.24) is 10.3 Å². The van der Waals surface area contributed by atoms with Crippen LogP contribution >= 0.6 is 0 Å².